The quantitative estimate of drug-likeness (QED) is 0.690. The summed E-state index contributed by atoms with van der Waals surface area (Å²) in [7, 11) is 0. The Balaban J connectivity index is 2.20. The van der Waals surface area contributed by atoms with Gasteiger partial charge in [-0.2, -0.15) is 0 Å². The van der Waals surface area contributed by atoms with E-state index in [0.29, 0.717) is 4.47 Å². The number of aryl methyl sites for hydroxylation is 1. The van der Waals surface area contributed by atoms with Crippen LogP contribution in [0.15, 0.2) is 46.9 Å². The van der Waals surface area contributed by atoms with Crippen LogP contribution in [0.25, 0.3) is 11.1 Å². The molecule has 0 fully saturated rings. The van der Waals surface area contributed by atoms with Crippen LogP contribution in [-0.2, 0) is 6.42 Å². The van der Waals surface area contributed by atoms with Crippen LogP contribution < -0.4 is 0 Å². The number of hydrogen-bond acceptors (Lipinski definition) is 0. The maximum Gasteiger partial charge on any atom is 0.137 e. The summed E-state index contributed by atoms with van der Waals surface area (Å²) in [5.74, 6) is -0.220. The van der Waals surface area contributed by atoms with E-state index in [0.717, 1.165) is 17.5 Å². The van der Waals surface area contributed by atoms with Crippen LogP contribution in [0, 0.1) is 5.82 Å². The summed E-state index contributed by atoms with van der Waals surface area (Å²) in [6.07, 6.45) is 3.54. The van der Waals surface area contributed by atoms with Crippen LogP contribution in [0.4, 0.5) is 4.39 Å². The molecule has 0 aliphatic rings. The molecule has 0 aliphatic heterocycles. The van der Waals surface area contributed by atoms with E-state index >= 15 is 0 Å². The second-order valence-electron chi connectivity index (χ2n) is 4.43. The highest BCUT2D eigenvalue weighted by atomic mass is 79.9. The second kappa shape index (κ2) is 6.14. The fourth-order valence-electron chi connectivity index (χ4n) is 1.92. The third-order valence-electron chi connectivity index (χ3n) is 3.03. The summed E-state index contributed by atoms with van der Waals surface area (Å²) in [5.41, 5.74) is 3.32. The number of halogens is 2. The Bertz CT molecular complexity index is 517. The van der Waals surface area contributed by atoms with Crippen LogP contribution in [-0.4, -0.2) is 0 Å². The van der Waals surface area contributed by atoms with E-state index in [2.05, 4.69) is 47.1 Å². The molecule has 0 aliphatic carbocycles. The van der Waals surface area contributed by atoms with Gasteiger partial charge in [-0.1, -0.05) is 43.7 Å². The van der Waals surface area contributed by atoms with Crippen LogP contribution >= 0.6 is 15.9 Å². The van der Waals surface area contributed by atoms with Gasteiger partial charge in [-0.3, -0.25) is 0 Å². The minimum Gasteiger partial charge on any atom is -0.206 e. The molecule has 2 rings (SSSR count). The molecule has 94 valence electrons. The predicted molar refractivity (Wildman–Crippen MR) is 78.1 cm³/mol. The molecule has 0 radical (unpaired) electrons. The van der Waals surface area contributed by atoms with Crippen molar-refractivity contribution in [3.8, 4) is 11.1 Å². The maximum atomic E-state index is 13.5. The molecule has 0 N–H and O–H groups in total. The average molecular weight is 307 g/mol. The molecule has 2 heteroatoms. The molecule has 0 saturated heterocycles. The van der Waals surface area contributed by atoms with E-state index in [1.807, 2.05) is 6.07 Å². The molecule has 18 heavy (non-hydrogen) atoms. The average Bonchev–Trinajstić information content (AvgIpc) is 2.40. The van der Waals surface area contributed by atoms with Gasteiger partial charge < -0.3 is 0 Å². The lowest BCUT2D eigenvalue weighted by Gasteiger charge is -2.05. The minimum absolute atomic E-state index is 0.220. The zero-order chi connectivity index (χ0) is 13.0. The van der Waals surface area contributed by atoms with Crippen LogP contribution in [0.3, 0.4) is 0 Å². The van der Waals surface area contributed by atoms with E-state index in [-0.39, 0.29) is 5.82 Å². The SMILES string of the molecule is CCCCc1ccc(-c2ccc(Br)c(F)c2)cc1. The first-order chi connectivity index (χ1) is 8.70. The molecule has 0 heterocycles. The molecule has 2 aromatic carbocycles. The summed E-state index contributed by atoms with van der Waals surface area (Å²) < 4.78 is 14.0. The van der Waals surface area contributed by atoms with Crippen LogP contribution in [0.5, 0.6) is 0 Å². The van der Waals surface area contributed by atoms with Crippen molar-refractivity contribution in [3.63, 3.8) is 0 Å². The summed E-state index contributed by atoms with van der Waals surface area (Å²) in [6.45, 7) is 2.19. The first-order valence-electron chi connectivity index (χ1n) is 6.25. The zero-order valence-corrected chi connectivity index (χ0v) is 12.0. The van der Waals surface area contributed by atoms with Gasteiger partial charge >= 0.3 is 0 Å². The highest BCUT2D eigenvalue weighted by Gasteiger charge is 2.03. The molecular weight excluding hydrogens is 291 g/mol. The molecule has 0 bridgehead atoms. The molecule has 0 atom stereocenters. The number of hydrogen-bond donors (Lipinski definition) is 0. The Hall–Kier alpha value is -1.15. The van der Waals surface area contributed by atoms with Crippen molar-refractivity contribution < 1.29 is 4.39 Å². The van der Waals surface area contributed by atoms with Crippen LogP contribution in [0.1, 0.15) is 25.3 Å². The van der Waals surface area contributed by atoms with E-state index in [1.165, 1.54) is 18.4 Å². The molecule has 0 unspecified atom stereocenters. The van der Waals surface area contributed by atoms with Gasteiger partial charge in [0.15, 0.2) is 0 Å². The van der Waals surface area contributed by atoms with E-state index in [4.69, 9.17) is 0 Å². The summed E-state index contributed by atoms with van der Waals surface area (Å²) in [4.78, 5) is 0. The number of benzene rings is 2. The van der Waals surface area contributed by atoms with E-state index < -0.39 is 0 Å². The van der Waals surface area contributed by atoms with Crippen molar-refractivity contribution in [2.75, 3.05) is 0 Å². The normalized spacial score (nSPS) is 10.6. The van der Waals surface area contributed by atoms with Gasteiger partial charge in [-0.25, -0.2) is 4.39 Å². The smallest absolute Gasteiger partial charge is 0.137 e. The van der Waals surface area contributed by atoms with Gasteiger partial charge in [0, 0.05) is 0 Å². The number of rotatable bonds is 4. The Morgan fingerprint density at radius 2 is 1.67 bits per heavy atom. The Kier molecular flexibility index (Phi) is 4.54. The minimum atomic E-state index is -0.220. The molecule has 0 spiro atoms. The van der Waals surface area contributed by atoms with Gasteiger partial charge in [-0.15, -0.1) is 0 Å². The van der Waals surface area contributed by atoms with Crippen molar-refractivity contribution >= 4 is 15.9 Å². The lowest BCUT2D eigenvalue weighted by Crippen LogP contribution is -1.86. The molecule has 0 aromatic heterocycles. The monoisotopic (exact) mass is 306 g/mol. The van der Waals surface area contributed by atoms with Gasteiger partial charge in [0.05, 0.1) is 4.47 Å². The molecule has 2 aromatic rings. The van der Waals surface area contributed by atoms with E-state index in [9.17, 15) is 4.39 Å². The fourth-order valence-corrected chi connectivity index (χ4v) is 2.17. The largest absolute Gasteiger partial charge is 0.206 e. The standard InChI is InChI=1S/C16H16BrF/c1-2-3-4-12-5-7-13(8-6-12)14-9-10-15(17)16(18)11-14/h5-11H,2-4H2,1H3. The van der Waals surface area contributed by atoms with Gasteiger partial charge in [-0.05, 0) is 57.6 Å². The van der Waals surface area contributed by atoms with Gasteiger partial charge in [0.25, 0.3) is 0 Å². The Morgan fingerprint density at radius 3 is 2.28 bits per heavy atom. The highest BCUT2D eigenvalue weighted by Crippen LogP contribution is 2.25. The fraction of sp³-hybridized carbons (Fsp3) is 0.250. The van der Waals surface area contributed by atoms with Crippen molar-refractivity contribution in [3.05, 3.63) is 58.3 Å². The third-order valence-corrected chi connectivity index (χ3v) is 3.67. The van der Waals surface area contributed by atoms with Crippen molar-refractivity contribution in [1.29, 1.82) is 0 Å². The Morgan fingerprint density at radius 1 is 1.00 bits per heavy atom. The molecule has 0 saturated carbocycles. The molecule has 0 nitrogen and oxygen atoms in total. The van der Waals surface area contributed by atoms with Gasteiger partial charge in [0.1, 0.15) is 5.82 Å². The van der Waals surface area contributed by atoms with E-state index in [1.54, 1.807) is 12.1 Å². The third kappa shape index (κ3) is 3.20. The second-order valence-corrected chi connectivity index (χ2v) is 5.28. The lowest BCUT2D eigenvalue weighted by atomic mass is 10.0. The summed E-state index contributed by atoms with van der Waals surface area (Å²) in [6, 6.07) is 13.6. The summed E-state index contributed by atoms with van der Waals surface area (Å²) in [5, 5.41) is 0. The first-order valence-corrected chi connectivity index (χ1v) is 7.04. The topological polar surface area (TPSA) is 0 Å². The highest BCUT2D eigenvalue weighted by molar-refractivity contribution is 9.10. The predicted octanol–water partition coefficient (Wildman–Crippen LogP) is 5.60. The van der Waals surface area contributed by atoms with Crippen molar-refractivity contribution in [2.24, 2.45) is 0 Å². The first kappa shape index (κ1) is 13.3. The van der Waals surface area contributed by atoms with Gasteiger partial charge in [0.2, 0.25) is 0 Å². The molecular formula is C16H16BrF. The van der Waals surface area contributed by atoms with Crippen molar-refractivity contribution in [2.45, 2.75) is 26.2 Å². The van der Waals surface area contributed by atoms with Crippen molar-refractivity contribution in [1.82, 2.24) is 0 Å². The lowest BCUT2D eigenvalue weighted by molar-refractivity contribution is 0.621. The van der Waals surface area contributed by atoms with Crippen LogP contribution in [0.2, 0.25) is 0 Å². The maximum absolute atomic E-state index is 13.5. The zero-order valence-electron chi connectivity index (χ0n) is 10.4. The Labute approximate surface area is 116 Å². The number of unbranched alkanes of at least 4 members (excludes halogenated alkanes) is 1. The molecule has 0 amide bonds. The summed E-state index contributed by atoms with van der Waals surface area (Å²) >= 11 is 3.17.